The third kappa shape index (κ3) is 5.61. The van der Waals surface area contributed by atoms with E-state index in [1.54, 1.807) is 28.4 Å². The number of benzene rings is 2. The van der Waals surface area contributed by atoms with Crippen LogP contribution in [0.15, 0.2) is 60.0 Å². The van der Waals surface area contributed by atoms with Crippen molar-refractivity contribution in [3.8, 4) is 0 Å². The number of urea groups is 1. The van der Waals surface area contributed by atoms with Gasteiger partial charge in [0.15, 0.2) is 0 Å². The number of rotatable bonds is 5. The van der Waals surface area contributed by atoms with Crippen LogP contribution in [-0.2, 0) is 11.2 Å². The van der Waals surface area contributed by atoms with Crippen molar-refractivity contribution in [1.82, 2.24) is 14.7 Å². The van der Waals surface area contributed by atoms with E-state index in [-0.39, 0.29) is 36.4 Å². The molecular weight excluding hydrogens is 499 g/mol. The number of halogens is 1. The van der Waals surface area contributed by atoms with Gasteiger partial charge in [0.25, 0.3) is 0 Å². The second-order valence-corrected chi connectivity index (χ2v) is 11.6. The normalized spacial score (nSPS) is 19.9. The maximum Gasteiger partial charge on any atom is 0.322 e. The van der Waals surface area contributed by atoms with Crippen molar-refractivity contribution < 1.29 is 14.0 Å². The first kappa shape index (κ1) is 26.4. The summed E-state index contributed by atoms with van der Waals surface area (Å²) in [5.74, 6) is 0.211. The van der Waals surface area contributed by atoms with Crippen LogP contribution in [0.4, 0.5) is 14.9 Å². The number of thiophene rings is 1. The second kappa shape index (κ2) is 11.3. The fourth-order valence-electron chi connectivity index (χ4n) is 5.51. The monoisotopic (exact) mass is 534 g/mol. The van der Waals surface area contributed by atoms with Crippen molar-refractivity contribution in [3.63, 3.8) is 0 Å². The lowest BCUT2D eigenvalue weighted by Gasteiger charge is -2.41. The molecule has 2 aliphatic heterocycles. The molecule has 3 heterocycles. The van der Waals surface area contributed by atoms with E-state index < -0.39 is 0 Å². The highest BCUT2D eigenvalue weighted by molar-refractivity contribution is 7.10. The number of hydrogen-bond donors (Lipinski definition) is 1. The quantitative estimate of drug-likeness (QED) is 0.455. The number of anilines is 1. The molecule has 1 fully saturated rings. The molecule has 2 unspecified atom stereocenters. The van der Waals surface area contributed by atoms with Crippen LogP contribution in [-0.4, -0.2) is 65.4 Å². The van der Waals surface area contributed by atoms with Gasteiger partial charge in [-0.2, -0.15) is 0 Å². The molecule has 2 atom stereocenters. The predicted octanol–water partition coefficient (Wildman–Crippen LogP) is 5.72. The molecule has 200 valence electrons. The summed E-state index contributed by atoms with van der Waals surface area (Å²) in [6.45, 7) is 8.72. The molecule has 1 N–H and O–H groups in total. The first-order valence-electron chi connectivity index (χ1n) is 13.3. The molecule has 2 aromatic carbocycles. The van der Waals surface area contributed by atoms with Crippen LogP contribution < -0.4 is 5.32 Å². The number of fused-ring (bicyclic) bond motifs is 1. The van der Waals surface area contributed by atoms with E-state index >= 15 is 0 Å². The van der Waals surface area contributed by atoms with Gasteiger partial charge in [0.1, 0.15) is 5.82 Å². The van der Waals surface area contributed by atoms with Gasteiger partial charge in [-0.1, -0.05) is 38.1 Å². The van der Waals surface area contributed by atoms with E-state index in [4.69, 9.17) is 0 Å². The number of piperazine rings is 1. The molecule has 3 aromatic rings. The van der Waals surface area contributed by atoms with Crippen LogP contribution in [0.5, 0.6) is 0 Å². The minimum Gasteiger partial charge on any atom is -0.338 e. The molecule has 1 aromatic heterocycles. The summed E-state index contributed by atoms with van der Waals surface area (Å²) in [6.07, 6.45) is 0.884. The van der Waals surface area contributed by atoms with Crippen molar-refractivity contribution in [1.29, 1.82) is 0 Å². The summed E-state index contributed by atoms with van der Waals surface area (Å²) in [7, 11) is 0. The van der Waals surface area contributed by atoms with Gasteiger partial charge in [-0.05, 0) is 71.7 Å². The Morgan fingerprint density at radius 2 is 1.87 bits per heavy atom. The molecule has 8 heteroatoms. The van der Waals surface area contributed by atoms with Gasteiger partial charge in [0, 0.05) is 42.8 Å². The first-order valence-corrected chi connectivity index (χ1v) is 14.2. The molecule has 38 heavy (non-hydrogen) atoms. The lowest BCUT2D eigenvalue weighted by atomic mass is 9.93. The molecule has 0 aliphatic carbocycles. The maximum absolute atomic E-state index is 14.1. The Labute approximate surface area is 228 Å². The van der Waals surface area contributed by atoms with Gasteiger partial charge in [-0.25, -0.2) is 9.18 Å². The lowest BCUT2D eigenvalue weighted by Crippen LogP contribution is -2.58. The number of carbonyl (C=O) groups is 2. The number of hydrogen-bond acceptors (Lipinski definition) is 4. The molecule has 3 amide bonds. The minimum absolute atomic E-state index is 0.0428. The number of nitrogens with zero attached hydrogens (tertiary/aromatic N) is 3. The van der Waals surface area contributed by atoms with E-state index in [0.29, 0.717) is 25.6 Å². The van der Waals surface area contributed by atoms with Gasteiger partial charge >= 0.3 is 6.03 Å². The molecule has 2 aliphatic rings. The van der Waals surface area contributed by atoms with Crippen LogP contribution in [0.2, 0.25) is 0 Å². The van der Waals surface area contributed by atoms with Crippen LogP contribution in [0.25, 0.3) is 0 Å². The molecule has 0 spiro atoms. The van der Waals surface area contributed by atoms with E-state index in [9.17, 15) is 14.0 Å². The zero-order chi connectivity index (χ0) is 26.8. The molecule has 6 nitrogen and oxygen atoms in total. The Bertz CT molecular complexity index is 1290. The zero-order valence-corrected chi connectivity index (χ0v) is 23.0. The average Bonchev–Trinajstić information content (AvgIpc) is 3.37. The SMILES string of the molecule is CC(C)c1ccc(NC(=O)N2CCN(C(=O)CN3CCc4sccc4C3c3cccc(F)c3)CC2C)cc1. The van der Waals surface area contributed by atoms with E-state index in [0.717, 1.165) is 29.8 Å². The summed E-state index contributed by atoms with van der Waals surface area (Å²) in [4.78, 5) is 33.6. The van der Waals surface area contributed by atoms with Gasteiger partial charge in [-0.3, -0.25) is 9.69 Å². The average molecular weight is 535 g/mol. The third-order valence-electron chi connectivity index (χ3n) is 7.64. The Morgan fingerprint density at radius 3 is 2.58 bits per heavy atom. The topological polar surface area (TPSA) is 55.9 Å². The maximum atomic E-state index is 14.1. The number of nitrogens with one attached hydrogen (secondary N) is 1. The summed E-state index contributed by atoms with van der Waals surface area (Å²) >= 11 is 1.72. The van der Waals surface area contributed by atoms with Crippen molar-refractivity contribution in [2.45, 2.75) is 45.2 Å². The largest absolute Gasteiger partial charge is 0.338 e. The summed E-state index contributed by atoms with van der Waals surface area (Å²) in [5, 5.41) is 5.08. The molecule has 5 rings (SSSR count). The minimum atomic E-state index is -0.268. The van der Waals surface area contributed by atoms with Crippen molar-refractivity contribution in [2.24, 2.45) is 0 Å². The van der Waals surface area contributed by atoms with E-state index in [1.807, 2.05) is 42.2 Å². The molecular formula is C30H35FN4O2S. The summed E-state index contributed by atoms with van der Waals surface area (Å²) < 4.78 is 14.1. The fourth-order valence-corrected chi connectivity index (χ4v) is 6.42. The number of carbonyl (C=O) groups excluding carboxylic acids is 2. The molecule has 1 saturated heterocycles. The van der Waals surface area contributed by atoms with Gasteiger partial charge in [0.2, 0.25) is 5.91 Å². The van der Waals surface area contributed by atoms with Crippen LogP contribution in [0.1, 0.15) is 54.3 Å². The zero-order valence-electron chi connectivity index (χ0n) is 22.2. The van der Waals surface area contributed by atoms with Crippen molar-refractivity contribution >= 4 is 29.0 Å². The van der Waals surface area contributed by atoms with E-state index in [1.165, 1.54) is 16.5 Å². The Balaban J connectivity index is 1.22. The lowest BCUT2D eigenvalue weighted by molar-refractivity contribution is -0.135. The van der Waals surface area contributed by atoms with Gasteiger partial charge < -0.3 is 15.1 Å². The standard InChI is InChI=1S/C30H35FN4O2S/c1-20(2)22-7-9-25(10-8-22)32-30(37)35-15-14-33(18-21(35)3)28(36)19-34-13-11-27-26(12-16-38-27)29(34)23-5-4-6-24(31)17-23/h4-10,12,16-17,20-21,29H,11,13-15,18-19H2,1-3H3,(H,32,37). The van der Waals surface area contributed by atoms with Crippen molar-refractivity contribution in [2.75, 3.05) is 38.0 Å². The van der Waals surface area contributed by atoms with Crippen LogP contribution in [0, 0.1) is 5.82 Å². The smallest absolute Gasteiger partial charge is 0.322 e. The first-order chi connectivity index (χ1) is 18.3. The molecule has 0 radical (unpaired) electrons. The molecule has 0 bridgehead atoms. The molecule has 0 saturated carbocycles. The number of amides is 3. The highest BCUT2D eigenvalue weighted by Gasteiger charge is 2.34. The van der Waals surface area contributed by atoms with Crippen molar-refractivity contribution in [3.05, 3.63) is 87.4 Å². The van der Waals surface area contributed by atoms with Crippen LogP contribution in [0.3, 0.4) is 0 Å². The fraction of sp³-hybridized carbons (Fsp3) is 0.400. The Kier molecular flexibility index (Phi) is 7.81. The highest BCUT2D eigenvalue weighted by Crippen LogP contribution is 2.38. The van der Waals surface area contributed by atoms with Gasteiger partial charge in [-0.15, -0.1) is 11.3 Å². The van der Waals surface area contributed by atoms with Crippen LogP contribution >= 0.6 is 11.3 Å². The third-order valence-corrected chi connectivity index (χ3v) is 8.63. The predicted molar refractivity (Wildman–Crippen MR) is 150 cm³/mol. The summed E-state index contributed by atoms with van der Waals surface area (Å²) in [5.41, 5.74) is 4.03. The highest BCUT2D eigenvalue weighted by atomic mass is 32.1. The Hall–Kier alpha value is -3.23. The second-order valence-electron chi connectivity index (χ2n) is 10.6. The summed E-state index contributed by atoms with van der Waals surface area (Å²) in [6, 6.07) is 16.4. The Morgan fingerprint density at radius 1 is 1.08 bits per heavy atom. The van der Waals surface area contributed by atoms with Gasteiger partial charge in [0.05, 0.1) is 12.6 Å². The van der Waals surface area contributed by atoms with E-state index in [2.05, 4.69) is 35.5 Å².